The summed E-state index contributed by atoms with van der Waals surface area (Å²) in [6, 6.07) is 5.97. The van der Waals surface area contributed by atoms with Crippen LogP contribution in [0.3, 0.4) is 0 Å². The van der Waals surface area contributed by atoms with Gasteiger partial charge in [-0.3, -0.25) is 10.1 Å². The van der Waals surface area contributed by atoms with E-state index in [-0.39, 0.29) is 5.69 Å². The van der Waals surface area contributed by atoms with Crippen LogP contribution in [0.25, 0.3) is 17.2 Å². The van der Waals surface area contributed by atoms with Crippen molar-refractivity contribution in [3.05, 3.63) is 40.1 Å². The van der Waals surface area contributed by atoms with Crippen molar-refractivity contribution < 1.29 is 4.92 Å². The highest BCUT2D eigenvalue weighted by Crippen LogP contribution is 2.18. The van der Waals surface area contributed by atoms with Gasteiger partial charge >= 0.3 is 0 Å². The molecule has 1 aromatic carbocycles. The second-order valence-corrected chi connectivity index (χ2v) is 3.81. The molecule has 1 aromatic rings. The lowest BCUT2D eigenvalue weighted by molar-refractivity contribution is -0.384. The number of non-ortho nitro benzene ring substituents is 1. The number of hydrogen-bond donors (Lipinski definition) is 0. The Labute approximate surface area is 106 Å². The van der Waals surface area contributed by atoms with Gasteiger partial charge in [0.15, 0.2) is 5.69 Å². The van der Waals surface area contributed by atoms with Gasteiger partial charge < -0.3 is 0 Å². The van der Waals surface area contributed by atoms with Crippen LogP contribution in [-0.4, -0.2) is 35.3 Å². The maximum atomic E-state index is 10.7. The minimum Gasteiger partial charge on any atom is -0.258 e. The first kappa shape index (κ1) is 11.1. The Balaban J connectivity index is 2.14. The normalized spacial score (nSPS) is 10.8. The molecule has 94 valence electrons. The number of rotatable bonds is 2. The topological polar surface area (TPSA) is 113 Å². The Morgan fingerprint density at radius 3 is 2.89 bits per heavy atom. The molecular weight excluding hydrogens is 250 g/mol. The molecule has 0 aromatic heterocycles. The summed E-state index contributed by atoms with van der Waals surface area (Å²) >= 11 is 0. The van der Waals surface area contributed by atoms with E-state index < -0.39 is 4.92 Å². The molecule has 0 saturated carbocycles. The summed E-state index contributed by atoms with van der Waals surface area (Å²) in [6.45, 7) is 1.75. The smallest absolute Gasteiger partial charge is 0.258 e. The van der Waals surface area contributed by atoms with Crippen LogP contribution < -0.4 is 0 Å². The Kier molecular flexibility index (Phi) is 2.37. The molecule has 0 aliphatic carbocycles. The molecule has 0 amide bonds. The molecule has 3 rings (SSSR count). The van der Waals surface area contributed by atoms with Gasteiger partial charge in [-0.25, -0.2) is 0 Å². The van der Waals surface area contributed by atoms with Crippen LogP contribution in [0.4, 0.5) is 5.69 Å². The van der Waals surface area contributed by atoms with E-state index in [0.29, 0.717) is 22.9 Å². The van der Waals surface area contributed by atoms with Crippen LogP contribution in [0.1, 0.15) is 5.69 Å². The summed E-state index contributed by atoms with van der Waals surface area (Å²) in [4.78, 5) is 11.5. The summed E-state index contributed by atoms with van der Waals surface area (Å²) in [5, 5.41) is 30.2. The molecule has 2 aliphatic heterocycles. The molecule has 9 heteroatoms. The zero-order valence-corrected chi connectivity index (χ0v) is 9.76. The number of hydrogen-bond acceptors (Lipinski definition) is 7. The maximum absolute atomic E-state index is 10.7. The standard InChI is InChI=1S/C10H7N7O2/c1-6-9-10(12-11-6)13-15-16(14-9)7-3-2-4-8(5-7)17(18)19/h2-5H,1H3. The van der Waals surface area contributed by atoms with Crippen molar-refractivity contribution in [1.29, 1.82) is 0 Å². The molecule has 2 heterocycles. The first-order chi connectivity index (χ1) is 9.15. The minimum atomic E-state index is -0.479. The van der Waals surface area contributed by atoms with Gasteiger partial charge in [-0.2, -0.15) is 5.10 Å². The van der Waals surface area contributed by atoms with E-state index in [2.05, 4.69) is 25.6 Å². The predicted octanol–water partition coefficient (Wildman–Crippen LogP) is 0.774. The second-order valence-electron chi connectivity index (χ2n) is 3.81. The van der Waals surface area contributed by atoms with E-state index in [1.807, 2.05) is 0 Å². The second kappa shape index (κ2) is 4.05. The molecule has 0 spiro atoms. The van der Waals surface area contributed by atoms with Crippen LogP contribution in [0, 0.1) is 17.0 Å². The number of nitro groups is 1. The number of nitrogens with zero attached hydrogens (tertiary/aromatic N) is 7. The Bertz CT molecular complexity index is 738. The van der Waals surface area contributed by atoms with Crippen molar-refractivity contribution in [2.75, 3.05) is 0 Å². The van der Waals surface area contributed by atoms with Crippen molar-refractivity contribution in [3.8, 4) is 17.2 Å². The molecule has 19 heavy (non-hydrogen) atoms. The lowest BCUT2D eigenvalue weighted by atomic mass is 10.3. The number of aromatic nitrogens is 6. The molecule has 0 unspecified atom stereocenters. The lowest BCUT2D eigenvalue weighted by Gasteiger charge is -2.04. The van der Waals surface area contributed by atoms with Crippen molar-refractivity contribution in [2.24, 2.45) is 0 Å². The molecule has 0 saturated heterocycles. The summed E-state index contributed by atoms with van der Waals surface area (Å²) in [5.74, 6) is 0.346. The molecule has 0 radical (unpaired) electrons. The van der Waals surface area contributed by atoms with Crippen molar-refractivity contribution in [3.63, 3.8) is 0 Å². The van der Waals surface area contributed by atoms with E-state index in [0.717, 1.165) is 0 Å². The highest BCUT2D eigenvalue weighted by molar-refractivity contribution is 5.52. The van der Waals surface area contributed by atoms with Gasteiger partial charge in [-0.15, -0.1) is 20.1 Å². The first-order valence-electron chi connectivity index (χ1n) is 5.33. The largest absolute Gasteiger partial charge is 0.271 e. The van der Waals surface area contributed by atoms with Crippen molar-refractivity contribution in [2.45, 2.75) is 6.92 Å². The zero-order valence-electron chi connectivity index (χ0n) is 9.76. The fourth-order valence-electron chi connectivity index (χ4n) is 1.60. The summed E-state index contributed by atoms with van der Waals surface area (Å²) in [7, 11) is 0. The zero-order chi connectivity index (χ0) is 13.4. The highest BCUT2D eigenvalue weighted by atomic mass is 16.6. The Hall–Kier alpha value is -2.97. The van der Waals surface area contributed by atoms with E-state index in [9.17, 15) is 10.1 Å². The van der Waals surface area contributed by atoms with E-state index in [1.165, 1.54) is 16.9 Å². The van der Waals surface area contributed by atoms with Crippen LogP contribution in [0.2, 0.25) is 0 Å². The first-order valence-corrected chi connectivity index (χ1v) is 5.33. The third-order valence-electron chi connectivity index (χ3n) is 2.54. The molecular formula is C10H7N7O2. The van der Waals surface area contributed by atoms with Gasteiger partial charge in [0.1, 0.15) is 0 Å². The summed E-state index contributed by atoms with van der Waals surface area (Å²) in [6.07, 6.45) is 0. The van der Waals surface area contributed by atoms with Gasteiger partial charge in [-0.05, 0) is 18.2 Å². The lowest BCUT2D eigenvalue weighted by Crippen LogP contribution is -2.10. The molecule has 0 bridgehead atoms. The van der Waals surface area contributed by atoms with Crippen LogP contribution in [-0.2, 0) is 0 Å². The summed E-state index contributed by atoms with van der Waals surface area (Å²) in [5.41, 5.74) is 1.55. The van der Waals surface area contributed by atoms with E-state index in [1.54, 1.807) is 19.1 Å². The SMILES string of the molecule is Cc1nnc2nnn(-c3cccc([N+](=O)[O-])c3)nc1-2. The minimum absolute atomic E-state index is 0.0378. The average molecular weight is 257 g/mol. The quantitative estimate of drug-likeness (QED) is 0.492. The predicted molar refractivity (Wildman–Crippen MR) is 62.8 cm³/mol. The number of benzene rings is 1. The van der Waals surface area contributed by atoms with Crippen molar-refractivity contribution in [1.82, 2.24) is 30.4 Å². The number of fused-ring (bicyclic) bond motifs is 1. The maximum Gasteiger partial charge on any atom is 0.271 e. The molecule has 0 atom stereocenters. The van der Waals surface area contributed by atoms with Gasteiger partial charge in [0.05, 0.1) is 16.3 Å². The van der Waals surface area contributed by atoms with E-state index in [4.69, 9.17) is 0 Å². The molecule has 9 nitrogen and oxygen atoms in total. The van der Waals surface area contributed by atoms with Gasteiger partial charge in [0.2, 0.25) is 5.82 Å². The fraction of sp³-hybridized carbons (Fsp3) is 0.100. The van der Waals surface area contributed by atoms with Crippen LogP contribution in [0.15, 0.2) is 24.3 Å². The Morgan fingerprint density at radius 1 is 1.26 bits per heavy atom. The third kappa shape index (κ3) is 1.86. The van der Waals surface area contributed by atoms with Crippen LogP contribution >= 0.6 is 0 Å². The van der Waals surface area contributed by atoms with E-state index >= 15 is 0 Å². The van der Waals surface area contributed by atoms with Gasteiger partial charge in [0.25, 0.3) is 5.69 Å². The number of nitro benzene ring substituents is 1. The third-order valence-corrected chi connectivity index (χ3v) is 2.54. The number of aryl methyl sites for hydroxylation is 1. The van der Waals surface area contributed by atoms with Gasteiger partial charge in [-0.1, -0.05) is 6.07 Å². The molecule has 0 fully saturated rings. The monoisotopic (exact) mass is 257 g/mol. The average Bonchev–Trinajstić information content (AvgIpc) is 2.80. The van der Waals surface area contributed by atoms with Crippen LogP contribution in [0.5, 0.6) is 0 Å². The molecule has 0 N–H and O–H groups in total. The fourth-order valence-corrected chi connectivity index (χ4v) is 1.60. The highest BCUT2D eigenvalue weighted by Gasteiger charge is 2.16. The Morgan fingerprint density at radius 2 is 2.11 bits per heavy atom. The molecule has 2 aliphatic rings. The van der Waals surface area contributed by atoms with Crippen molar-refractivity contribution >= 4 is 5.69 Å². The summed E-state index contributed by atoms with van der Waals surface area (Å²) < 4.78 is 0. The van der Waals surface area contributed by atoms with Gasteiger partial charge in [0, 0.05) is 12.1 Å².